The fourth-order valence-electron chi connectivity index (χ4n) is 2.18. The van der Waals surface area contributed by atoms with Crippen LogP contribution in [-0.2, 0) is 11.2 Å². The van der Waals surface area contributed by atoms with E-state index in [9.17, 15) is 4.79 Å². The molecule has 0 unspecified atom stereocenters. The number of nitrogens with zero attached hydrogens (tertiary/aromatic N) is 1. The summed E-state index contributed by atoms with van der Waals surface area (Å²) in [4.78, 5) is 20.3. The molecule has 0 aliphatic heterocycles. The number of aromatic amines is 1. The Morgan fingerprint density at radius 2 is 2.25 bits per heavy atom. The molecule has 0 bridgehead atoms. The van der Waals surface area contributed by atoms with Crippen molar-refractivity contribution in [2.45, 2.75) is 19.8 Å². The number of amides is 1. The van der Waals surface area contributed by atoms with E-state index in [-0.39, 0.29) is 5.91 Å². The zero-order valence-electron chi connectivity index (χ0n) is 11.1. The minimum absolute atomic E-state index is 0.00429. The Morgan fingerprint density at radius 3 is 3.05 bits per heavy atom. The van der Waals surface area contributed by atoms with Crippen molar-refractivity contribution >= 4 is 33.3 Å². The summed E-state index contributed by atoms with van der Waals surface area (Å²) >= 11 is 1.49. The molecule has 2 aromatic heterocycles. The largest absolute Gasteiger partial charge is 0.361 e. The van der Waals surface area contributed by atoms with Gasteiger partial charge in [-0.05, 0) is 25.0 Å². The van der Waals surface area contributed by atoms with Crippen LogP contribution in [0.25, 0.3) is 10.9 Å². The highest BCUT2D eigenvalue weighted by atomic mass is 32.1. The number of carbonyl (C=O) groups excluding carboxylic acids is 1. The van der Waals surface area contributed by atoms with Crippen molar-refractivity contribution in [3.8, 4) is 0 Å². The number of H-pyrrole nitrogens is 1. The first kappa shape index (κ1) is 12.9. The third kappa shape index (κ3) is 2.72. The van der Waals surface area contributed by atoms with Crippen molar-refractivity contribution in [1.29, 1.82) is 0 Å². The van der Waals surface area contributed by atoms with Crippen LogP contribution in [-0.4, -0.2) is 15.9 Å². The number of carbonyl (C=O) groups is 1. The Balaban J connectivity index is 1.63. The third-order valence-corrected chi connectivity index (χ3v) is 3.99. The Bertz CT molecular complexity index is 744. The second-order valence-electron chi connectivity index (χ2n) is 4.68. The normalized spacial score (nSPS) is 10.8. The van der Waals surface area contributed by atoms with Crippen molar-refractivity contribution in [1.82, 2.24) is 9.97 Å². The van der Waals surface area contributed by atoms with Crippen molar-refractivity contribution in [3.63, 3.8) is 0 Å². The Kier molecular flexibility index (Phi) is 3.52. The molecule has 5 heteroatoms. The molecule has 2 heterocycles. The van der Waals surface area contributed by atoms with E-state index < -0.39 is 0 Å². The molecular formula is C15H15N3OS. The van der Waals surface area contributed by atoms with Gasteiger partial charge >= 0.3 is 0 Å². The standard InChI is InChI=1S/C15H15N3OS/c1-10-8-17-15(20-10)18-14(19)7-6-11-9-16-13-5-3-2-4-12(11)13/h2-5,8-9,16H,6-7H2,1H3,(H,17,18,19). The van der Waals surface area contributed by atoms with Gasteiger partial charge in [-0.1, -0.05) is 18.2 Å². The Morgan fingerprint density at radius 1 is 1.40 bits per heavy atom. The Hall–Kier alpha value is -2.14. The van der Waals surface area contributed by atoms with E-state index in [0.29, 0.717) is 11.6 Å². The summed E-state index contributed by atoms with van der Waals surface area (Å²) in [6, 6.07) is 8.12. The SMILES string of the molecule is Cc1cnc(NC(=O)CCc2c[nH]c3ccccc23)s1. The van der Waals surface area contributed by atoms with Gasteiger partial charge in [-0.2, -0.15) is 0 Å². The number of aryl methyl sites for hydroxylation is 2. The van der Waals surface area contributed by atoms with E-state index in [1.54, 1.807) is 6.20 Å². The number of fused-ring (bicyclic) bond motifs is 1. The molecule has 3 aromatic rings. The number of benzene rings is 1. The molecule has 1 aromatic carbocycles. The van der Waals surface area contributed by atoms with Crippen LogP contribution in [0, 0.1) is 6.92 Å². The molecule has 20 heavy (non-hydrogen) atoms. The van der Waals surface area contributed by atoms with Crippen LogP contribution in [0.15, 0.2) is 36.7 Å². The fourth-order valence-corrected chi connectivity index (χ4v) is 2.86. The highest BCUT2D eigenvalue weighted by Crippen LogP contribution is 2.20. The number of nitrogens with one attached hydrogen (secondary N) is 2. The maximum Gasteiger partial charge on any atom is 0.226 e. The van der Waals surface area contributed by atoms with Crippen molar-refractivity contribution in [2.24, 2.45) is 0 Å². The molecule has 4 nitrogen and oxygen atoms in total. The summed E-state index contributed by atoms with van der Waals surface area (Å²) < 4.78 is 0. The smallest absolute Gasteiger partial charge is 0.226 e. The van der Waals surface area contributed by atoms with Gasteiger partial charge in [0, 0.05) is 34.6 Å². The lowest BCUT2D eigenvalue weighted by atomic mass is 10.1. The second-order valence-corrected chi connectivity index (χ2v) is 5.92. The summed E-state index contributed by atoms with van der Waals surface area (Å²) in [5, 5.41) is 4.69. The first-order valence-corrected chi connectivity index (χ1v) is 7.31. The topological polar surface area (TPSA) is 57.8 Å². The molecule has 0 fully saturated rings. The van der Waals surface area contributed by atoms with Gasteiger partial charge < -0.3 is 10.3 Å². The van der Waals surface area contributed by atoms with Gasteiger partial charge in [-0.3, -0.25) is 4.79 Å². The van der Waals surface area contributed by atoms with Crippen LogP contribution in [0.4, 0.5) is 5.13 Å². The minimum atomic E-state index is 0.00429. The number of anilines is 1. The van der Waals surface area contributed by atoms with Gasteiger partial charge in [0.2, 0.25) is 5.91 Å². The lowest BCUT2D eigenvalue weighted by Gasteiger charge is -2.01. The first-order valence-electron chi connectivity index (χ1n) is 6.49. The van der Waals surface area contributed by atoms with Crippen molar-refractivity contribution in [3.05, 3.63) is 47.1 Å². The minimum Gasteiger partial charge on any atom is -0.361 e. The van der Waals surface area contributed by atoms with E-state index in [0.717, 1.165) is 16.8 Å². The van der Waals surface area contributed by atoms with E-state index in [4.69, 9.17) is 0 Å². The molecule has 1 amide bonds. The van der Waals surface area contributed by atoms with Gasteiger partial charge in [0.05, 0.1) is 0 Å². The average molecular weight is 285 g/mol. The molecule has 0 atom stereocenters. The van der Waals surface area contributed by atoms with Gasteiger partial charge in [-0.25, -0.2) is 4.98 Å². The molecule has 2 N–H and O–H groups in total. The quantitative estimate of drug-likeness (QED) is 0.770. The van der Waals surface area contributed by atoms with Gasteiger partial charge in [-0.15, -0.1) is 11.3 Å². The molecule has 0 saturated carbocycles. The maximum absolute atomic E-state index is 11.9. The van der Waals surface area contributed by atoms with Crippen molar-refractivity contribution < 1.29 is 4.79 Å². The van der Waals surface area contributed by atoms with Crippen LogP contribution in [0.3, 0.4) is 0 Å². The molecular weight excluding hydrogens is 270 g/mol. The lowest BCUT2D eigenvalue weighted by molar-refractivity contribution is -0.116. The van der Waals surface area contributed by atoms with Crippen LogP contribution >= 0.6 is 11.3 Å². The maximum atomic E-state index is 11.9. The third-order valence-electron chi connectivity index (χ3n) is 3.16. The number of hydrogen-bond acceptors (Lipinski definition) is 3. The number of thiazole rings is 1. The summed E-state index contributed by atoms with van der Waals surface area (Å²) in [5.74, 6) is 0.00429. The van der Waals surface area contributed by atoms with Crippen LogP contribution in [0.1, 0.15) is 16.9 Å². The summed E-state index contributed by atoms with van der Waals surface area (Å²) in [6.07, 6.45) is 4.92. The predicted octanol–water partition coefficient (Wildman–Crippen LogP) is 3.50. The number of aromatic nitrogens is 2. The lowest BCUT2D eigenvalue weighted by Crippen LogP contribution is -2.11. The van der Waals surface area contributed by atoms with Gasteiger partial charge in [0.1, 0.15) is 0 Å². The fraction of sp³-hybridized carbons (Fsp3) is 0.200. The molecule has 0 radical (unpaired) electrons. The van der Waals surface area contributed by atoms with Crippen LogP contribution in [0.2, 0.25) is 0 Å². The Labute approximate surface area is 120 Å². The number of hydrogen-bond donors (Lipinski definition) is 2. The van der Waals surface area contributed by atoms with E-state index >= 15 is 0 Å². The zero-order valence-corrected chi connectivity index (χ0v) is 12.0. The van der Waals surface area contributed by atoms with Crippen LogP contribution < -0.4 is 5.32 Å². The number of rotatable bonds is 4. The van der Waals surface area contributed by atoms with E-state index in [1.807, 2.05) is 31.3 Å². The van der Waals surface area contributed by atoms with Gasteiger partial charge in [0.15, 0.2) is 5.13 Å². The number of para-hydroxylation sites is 1. The van der Waals surface area contributed by atoms with Gasteiger partial charge in [0.25, 0.3) is 0 Å². The average Bonchev–Trinajstić information content (AvgIpc) is 3.03. The molecule has 0 spiro atoms. The van der Waals surface area contributed by atoms with Crippen molar-refractivity contribution in [2.75, 3.05) is 5.32 Å². The molecule has 3 rings (SSSR count). The summed E-state index contributed by atoms with van der Waals surface area (Å²) in [7, 11) is 0. The predicted molar refractivity (Wildman–Crippen MR) is 82.1 cm³/mol. The first-order chi connectivity index (χ1) is 9.72. The molecule has 0 aliphatic rings. The molecule has 102 valence electrons. The summed E-state index contributed by atoms with van der Waals surface area (Å²) in [6.45, 7) is 1.97. The molecule has 0 saturated heterocycles. The highest BCUT2D eigenvalue weighted by Gasteiger charge is 2.08. The zero-order chi connectivity index (χ0) is 13.9. The van der Waals surface area contributed by atoms with Crippen LogP contribution in [0.5, 0.6) is 0 Å². The van der Waals surface area contributed by atoms with E-state index in [2.05, 4.69) is 21.4 Å². The second kappa shape index (κ2) is 5.46. The monoisotopic (exact) mass is 285 g/mol. The molecule has 0 aliphatic carbocycles. The summed E-state index contributed by atoms with van der Waals surface area (Å²) in [5.41, 5.74) is 2.28. The van der Waals surface area contributed by atoms with E-state index in [1.165, 1.54) is 22.3 Å². The highest BCUT2D eigenvalue weighted by molar-refractivity contribution is 7.15.